The van der Waals surface area contributed by atoms with Gasteiger partial charge in [0.15, 0.2) is 5.78 Å². The first kappa shape index (κ1) is 24.0. The van der Waals surface area contributed by atoms with E-state index in [1.807, 2.05) is 56.3 Å². The Balaban J connectivity index is 1.29. The summed E-state index contributed by atoms with van der Waals surface area (Å²) in [6.45, 7) is 6.33. The summed E-state index contributed by atoms with van der Waals surface area (Å²) in [6.07, 6.45) is 1.39. The van der Waals surface area contributed by atoms with Crippen molar-refractivity contribution in [3.8, 4) is 0 Å². The van der Waals surface area contributed by atoms with E-state index in [4.69, 9.17) is 0 Å². The summed E-state index contributed by atoms with van der Waals surface area (Å²) in [4.78, 5) is 43.0. The van der Waals surface area contributed by atoms with Crippen molar-refractivity contribution in [2.75, 3.05) is 19.6 Å². The van der Waals surface area contributed by atoms with Crippen molar-refractivity contribution in [2.45, 2.75) is 45.3 Å². The number of likely N-dealkylation sites (tertiary alicyclic amines) is 1. The number of nitrogens with one attached hydrogen (secondary N) is 1. The van der Waals surface area contributed by atoms with Crippen molar-refractivity contribution in [3.05, 3.63) is 94.8 Å². The SMILES string of the molecule is Cc1cc(C(=O)CN2C(=O)NC3(CCCN(Cc4ccccc4)C3)C2=O)c(C)n1Cc1ccccc1. The van der Waals surface area contributed by atoms with Crippen molar-refractivity contribution in [1.29, 1.82) is 0 Å². The molecule has 1 aromatic heterocycles. The van der Waals surface area contributed by atoms with Crippen molar-refractivity contribution < 1.29 is 14.4 Å². The maximum atomic E-state index is 13.5. The number of nitrogens with zero attached hydrogens (tertiary/aromatic N) is 3. The zero-order chi connectivity index (χ0) is 25.3. The van der Waals surface area contributed by atoms with Crippen molar-refractivity contribution in [2.24, 2.45) is 0 Å². The lowest BCUT2D eigenvalue weighted by Gasteiger charge is -2.38. The van der Waals surface area contributed by atoms with Gasteiger partial charge in [0.05, 0.1) is 6.54 Å². The predicted molar refractivity (Wildman–Crippen MR) is 138 cm³/mol. The first-order chi connectivity index (χ1) is 17.4. The van der Waals surface area contributed by atoms with Gasteiger partial charge < -0.3 is 9.88 Å². The summed E-state index contributed by atoms with van der Waals surface area (Å²) in [5.74, 6) is -0.517. The summed E-state index contributed by atoms with van der Waals surface area (Å²) in [7, 11) is 0. The van der Waals surface area contributed by atoms with E-state index >= 15 is 0 Å². The quantitative estimate of drug-likeness (QED) is 0.408. The van der Waals surface area contributed by atoms with E-state index in [1.165, 1.54) is 5.56 Å². The third-order valence-corrected chi connectivity index (χ3v) is 7.43. The fourth-order valence-electron chi connectivity index (χ4n) is 5.54. The molecule has 2 fully saturated rings. The Kier molecular flexibility index (Phi) is 6.49. The number of imide groups is 1. The number of carbonyl (C=O) groups excluding carboxylic acids is 3. The molecule has 1 atom stereocenters. The standard InChI is InChI=1S/C29H32N4O3/c1-21-16-25(22(2)32(21)18-24-12-7-4-8-13-24)26(34)19-33-27(35)29(30-28(33)36)14-9-15-31(20-29)17-23-10-5-3-6-11-23/h3-8,10-13,16H,9,14-15,17-20H2,1-2H3,(H,30,36). The van der Waals surface area contributed by atoms with Crippen LogP contribution in [-0.4, -0.2) is 57.3 Å². The Morgan fingerprint density at radius 1 is 0.944 bits per heavy atom. The molecule has 0 aliphatic carbocycles. The predicted octanol–water partition coefficient (Wildman–Crippen LogP) is 3.92. The van der Waals surface area contributed by atoms with Gasteiger partial charge in [-0.1, -0.05) is 60.7 Å². The van der Waals surface area contributed by atoms with Gasteiger partial charge in [-0.3, -0.25) is 19.4 Å². The summed E-state index contributed by atoms with van der Waals surface area (Å²) in [5, 5.41) is 2.94. The van der Waals surface area contributed by atoms with Crippen LogP contribution in [0.4, 0.5) is 4.79 Å². The van der Waals surface area contributed by atoms with Crippen LogP contribution in [0.15, 0.2) is 66.7 Å². The van der Waals surface area contributed by atoms with E-state index in [2.05, 4.69) is 39.0 Å². The lowest BCUT2D eigenvalue weighted by molar-refractivity contribution is -0.133. The number of hydrogen-bond donors (Lipinski definition) is 1. The molecule has 0 saturated carbocycles. The van der Waals surface area contributed by atoms with Crippen LogP contribution >= 0.6 is 0 Å². The number of Topliss-reactive ketones (excluding diaryl/α,β-unsaturated/α-hetero) is 1. The molecule has 1 N–H and O–H groups in total. The van der Waals surface area contributed by atoms with Crippen LogP contribution in [0.25, 0.3) is 0 Å². The van der Waals surface area contributed by atoms with Crippen molar-refractivity contribution >= 4 is 17.7 Å². The van der Waals surface area contributed by atoms with Gasteiger partial charge in [0.25, 0.3) is 5.91 Å². The number of ketones is 1. The third-order valence-electron chi connectivity index (χ3n) is 7.43. The minimum absolute atomic E-state index is 0.222. The maximum Gasteiger partial charge on any atom is 0.325 e. The Hall–Kier alpha value is -3.71. The van der Waals surface area contributed by atoms with Gasteiger partial charge in [0.1, 0.15) is 5.54 Å². The number of benzene rings is 2. The molecule has 2 saturated heterocycles. The van der Waals surface area contributed by atoms with Crippen LogP contribution in [0.3, 0.4) is 0 Å². The summed E-state index contributed by atoms with van der Waals surface area (Å²) in [5.41, 5.74) is 3.72. The van der Waals surface area contributed by atoms with Crippen molar-refractivity contribution in [1.82, 2.24) is 19.7 Å². The molecule has 0 bridgehead atoms. The first-order valence-electron chi connectivity index (χ1n) is 12.5. The molecular weight excluding hydrogens is 452 g/mol. The highest BCUT2D eigenvalue weighted by atomic mass is 16.2. The molecule has 5 rings (SSSR count). The van der Waals surface area contributed by atoms with Crippen LogP contribution in [0.5, 0.6) is 0 Å². The zero-order valence-corrected chi connectivity index (χ0v) is 20.9. The van der Waals surface area contributed by atoms with E-state index < -0.39 is 11.6 Å². The summed E-state index contributed by atoms with van der Waals surface area (Å²) in [6, 6.07) is 21.6. The van der Waals surface area contributed by atoms with E-state index in [0.29, 0.717) is 25.1 Å². The molecule has 2 aliphatic heterocycles. The minimum atomic E-state index is -0.964. The number of rotatable bonds is 7. The number of amides is 3. The molecule has 186 valence electrons. The van der Waals surface area contributed by atoms with E-state index in [9.17, 15) is 14.4 Å². The van der Waals surface area contributed by atoms with Crippen LogP contribution in [0.1, 0.15) is 45.7 Å². The maximum absolute atomic E-state index is 13.5. The largest absolute Gasteiger partial charge is 0.344 e. The van der Waals surface area contributed by atoms with E-state index in [0.717, 1.165) is 41.4 Å². The van der Waals surface area contributed by atoms with Gasteiger partial charge >= 0.3 is 6.03 Å². The molecule has 3 amide bonds. The van der Waals surface area contributed by atoms with Gasteiger partial charge in [-0.2, -0.15) is 0 Å². The van der Waals surface area contributed by atoms with Crippen LogP contribution < -0.4 is 5.32 Å². The number of aromatic nitrogens is 1. The van der Waals surface area contributed by atoms with Crippen LogP contribution in [0, 0.1) is 13.8 Å². The normalized spacial score (nSPS) is 20.2. The third kappa shape index (κ3) is 4.58. The smallest absolute Gasteiger partial charge is 0.325 e. The highest BCUT2D eigenvalue weighted by Crippen LogP contribution is 2.30. The van der Waals surface area contributed by atoms with Crippen molar-refractivity contribution in [3.63, 3.8) is 0 Å². The first-order valence-corrected chi connectivity index (χ1v) is 12.5. The second-order valence-corrected chi connectivity index (χ2v) is 9.98. The molecule has 1 spiro atoms. The Labute approximate surface area is 211 Å². The van der Waals surface area contributed by atoms with Gasteiger partial charge in [-0.05, 0) is 50.4 Å². The minimum Gasteiger partial charge on any atom is -0.344 e. The highest BCUT2D eigenvalue weighted by molar-refractivity contribution is 6.11. The number of carbonyl (C=O) groups is 3. The fourth-order valence-corrected chi connectivity index (χ4v) is 5.54. The lowest BCUT2D eigenvalue weighted by atomic mass is 9.88. The molecule has 3 aromatic rings. The monoisotopic (exact) mass is 484 g/mol. The Morgan fingerprint density at radius 2 is 1.58 bits per heavy atom. The second-order valence-electron chi connectivity index (χ2n) is 9.98. The molecular formula is C29H32N4O3. The number of piperidine rings is 1. The van der Waals surface area contributed by atoms with Gasteiger partial charge in [-0.25, -0.2) is 4.79 Å². The number of hydrogen-bond acceptors (Lipinski definition) is 4. The molecule has 7 nitrogen and oxygen atoms in total. The second kappa shape index (κ2) is 9.74. The Morgan fingerprint density at radius 3 is 2.25 bits per heavy atom. The van der Waals surface area contributed by atoms with Gasteiger partial charge in [0.2, 0.25) is 0 Å². The number of urea groups is 1. The van der Waals surface area contributed by atoms with Gasteiger partial charge in [0, 0.05) is 36.6 Å². The summed E-state index contributed by atoms with van der Waals surface area (Å²) < 4.78 is 2.10. The fraction of sp³-hybridized carbons (Fsp3) is 0.345. The molecule has 3 heterocycles. The Bertz CT molecular complexity index is 1280. The van der Waals surface area contributed by atoms with Crippen LogP contribution in [0.2, 0.25) is 0 Å². The van der Waals surface area contributed by atoms with E-state index in [1.54, 1.807) is 0 Å². The average molecular weight is 485 g/mol. The molecule has 2 aromatic carbocycles. The zero-order valence-electron chi connectivity index (χ0n) is 20.9. The molecule has 7 heteroatoms. The van der Waals surface area contributed by atoms with E-state index in [-0.39, 0.29) is 18.2 Å². The highest BCUT2D eigenvalue weighted by Gasteiger charge is 2.53. The average Bonchev–Trinajstić information content (AvgIpc) is 3.27. The topological polar surface area (TPSA) is 74.7 Å². The molecule has 2 aliphatic rings. The molecule has 0 radical (unpaired) electrons. The van der Waals surface area contributed by atoms with Gasteiger partial charge in [-0.15, -0.1) is 0 Å². The number of aryl methyl sites for hydroxylation is 1. The molecule has 36 heavy (non-hydrogen) atoms. The molecule has 1 unspecified atom stereocenters. The van der Waals surface area contributed by atoms with Crippen LogP contribution in [-0.2, 0) is 17.9 Å². The summed E-state index contributed by atoms with van der Waals surface area (Å²) >= 11 is 0. The lowest BCUT2D eigenvalue weighted by Crippen LogP contribution is -2.58.